The zero-order chi connectivity index (χ0) is 30.2. The molecule has 3 nitrogen and oxygen atoms in total. The first-order valence-electron chi connectivity index (χ1n) is 15.0. The molecule has 8 rings (SSSR count). The SMILES string of the molecule is N#Cc1ccc(N(c2ccccc2)c2ccc(-c3c4ccccc4c(-c4cccc5ccccc45)c4ccccc34)cc2)nc1. The fourth-order valence-corrected chi connectivity index (χ4v) is 6.53. The quantitative estimate of drug-likeness (QED) is 0.192. The second-order valence-electron chi connectivity index (χ2n) is 11.1. The highest BCUT2D eigenvalue weighted by Crippen LogP contribution is 2.45. The van der Waals surface area contributed by atoms with Crippen molar-refractivity contribution in [3.63, 3.8) is 0 Å². The Labute approximate surface area is 261 Å². The van der Waals surface area contributed by atoms with Crippen LogP contribution in [0.4, 0.5) is 17.2 Å². The van der Waals surface area contributed by atoms with Crippen molar-refractivity contribution >= 4 is 49.5 Å². The van der Waals surface area contributed by atoms with Gasteiger partial charge in [0.2, 0.25) is 0 Å². The number of aromatic nitrogens is 1. The number of pyridine rings is 1. The Balaban J connectivity index is 1.33. The highest BCUT2D eigenvalue weighted by atomic mass is 15.2. The van der Waals surface area contributed by atoms with E-state index in [2.05, 4.69) is 143 Å². The first kappa shape index (κ1) is 26.4. The number of hydrogen-bond donors (Lipinski definition) is 0. The largest absolute Gasteiger partial charge is 0.295 e. The minimum absolute atomic E-state index is 0.535. The van der Waals surface area contributed by atoms with Gasteiger partial charge >= 0.3 is 0 Å². The summed E-state index contributed by atoms with van der Waals surface area (Å²) in [6.07, 6.45) is 1.62. The fraction of sp³-hybridized carbons (Fsp3) is 0. The van der Waals surface area contributed by atoms with E-state index in [9.17, 15) is 5.26 Å². The number of nitriles is 1. The van der Waals surface area contributed by atoms with Gasteiger partial charge in [-0.25, -0.2) is 4.98 Å². The van der Waals surface area contributed by atoms with Gasteiger partial charge in [0.1, 0.15) is 11.9 Å². The summed E-state index contributed by atoms with van der Waals surface area (Å²) < 4.78 is 0. The van der Waals surface area contributed by atoms with Crippen molar-refractivity contribution in [2.24, 2.45) is 0 Å². The van der Waals surface area contributed by atoms with Crippen molar-refractivity contribution in [1.82, 2.24) is 4.98 Å². The lowest BCUT2D eigenvalue weighted by molar-refractivity contribution is 1.17. The molecule has 1 aromatic heterocycles. The van der Waals surface area contributed by atoms with Crippen LogP contribution in [0, 0.1) is 11.3 Å². The summed E-state index contributed by atoms with van der Waals surface area (Å²) in [5.74, 6) is 0.753. The van der Waals surface area contributed by atoms with Crippen LogP contribution in [0.15, 0.2) is 164 Å². The Kier molecular flexibility index (Phi) is 6.52. The van der Waals surface area contributed by atoms with E-state index in [0.717, 1.165) is 22.8 Å². The van der Waals surface area contributed by atoms with Crippen LogP contribution in [0.5, 0.6) is 0 Å². The third-order valence-corrected chi connectivity index (χ3v) is 8.53. The number of benzene rings is 7. The lowest BCUT2D eigenvalue weighted by Crippen LogP contribution is -2.11. The van der Waals surface area contributed by atoms with Crippen molar-refractivity contribution in [2.45, 2.75) is 0 Å². The lowest BCUT2D eigenvalue weighted by Gasteiger charge is -2.24. The van der Waals surface area contributed by atoms with E-state index in [-0.39, 0.29) is 0 Å². The van der Waals surface area contributed by atoms with Gasteiger partial charge in [-0.15, -0.1) is 0 Å². The van der Waals surface area contributed by atoms with Crippen LogP contribution in [-0.2, 0) is 0 Å². The molecule has 3 heteroatoms. The van der Waals surface area contributed by atoms with Gasteiger partial charge < -0.3 is 0 Å². The molecular weight excluding hydrogens is 546 g/mol. The van der Waals surface area contributed by atoms with Gasteiger partial charge in [0, 0.05) is 17.6 Å². The maximum Gasteiger partial charge on any atom is 0.137 e. The summed E-state index contributed by atoms with van der Waals surface area (Å²) in [5, 5.41) is 16.7. The highest BCUT2D eigenvalue weighted by molar-refractivity contribution is 6.23. The average Bonchev–Trinajstić information content (AvgIpc) is 3.12. The van der Waals surface area contributed by atoms with Crippen molar-refractivity contribution in [3.8, 4) is 28.3 Å². The Morgan fingerprint density at radius 3 is 1.64 bits per heavy atom. The number of hydrogen-bond acceptors (Lipinski definition) is 3. The molecule has 0 bridgehead atoms. The van der Waals surface area contributed by atoms with E-state index >= 15 is 0 Å². The Hall–Kier alpha value is -6.24. The van der Waals surface area contributed by atoms with Crippen LogP contribution in [-0.4, -0.2) is 4.98 Å². The minimum Gasteiger partial charge on any atom is -0.295 e. The van der Waals surface area contributed by atoms with Crippen LogP contribution in [0.25, 0.3) is 54.6 Å². The molecule has 45 heavy (non-hydrogen) atoms. The molecule has 0 amide bonds. The van der Waals surface area contributed by atoms with Crippen molar-refractivity contribution < 1.29 is 0 Å². The van der Waals surface area contributed by atoms with E-state index in [0.29, 0.717) is 5.56 Å². The van der Waals surface area contributed by atoms with Crippen molar-refractivity contribution in [2.75, 3.05) is 4.90 Å². The van der Waals surface area contributed by atoms with Gasteiger partial charge in [0.15, 0.2) is 0 Å². The van der Waals surface area contributed by atoms with Crippen molar-refractivity contribution in [3.05, 3.63) is 169 Å². The standard InChI is InChI=1S/C42H27N3/c43-27-29-21-26-40(44-28-29)45(32-13-2-1-3-14-32)33-24-22-31(23-25-33)41-36-16-6-8-18-38(36)42(39-19-9-7-17-37(39)41)35-20-10-12-30-11-4-5-15-34(30)35/h1-26,28H. The van der Waals surface area contributed by atoms with E-state index < -0.39 is 0 Å². The van der Waals surface area contributed by atoms with Gasteiger partial charge in [-0.2, -0.15) is 5.26 Å². The number of rotatable bonds is 5. The first-order valence-corrected chi connectivity index (χ1v) is 15.0. The number of anilines is 3. The third kappa shape index (κ3) is 4.57. The molecule has 210 valence electrons. The summed E-state index contributed by atoms with van der Waals surface area (Å²) in [6.45, 7) is 0. The second-order valence-corrected chi connectivity index (χ2v) is 11.1. The lowest BCUT2D eigenvalue weighted by atomic mass is 9.85. The van der Waals surface area contributed by atoms with Crippen molar-refractivity contribution in [1.29, 1.82) is 5.26 Å². The minimum atomic E-state index is 0.535. The van der Waals surface area contributed by atoms with E-state index in [1.807, 2.05) is 30.3 Å². The molecule has 0 radical (unpaired) electrons. The molecule has 7 aromatic carbocycles. The Morgan fingerprint density at radius 1 is 0.467 bits per heavy atom. The Bertz CT molecular complexity index is 2310. The van der Waals surface area contributed by atoms with Gasteiger partial charge in [0.25, 0.3) is 0 Å². The monoisotopic (exact) mass is 573 g/mol. The van der Waals surface area contributed by atoms with Crippen LogP contribution in [0.2, 0.25) is 0 Å². The molecule has 0 saturated carbocycles. The van der Waals surface area contributed by atoms with Gasteiger partial charge in [-0.05, 0) is 91.0 Å². The maximum absolute atomic E-state index is 9.32. The van der Waals surface area contributed by atoms with Gasteiger partial charge in [-0.1, -0.05) is 121 Å². The molecule has 0 unspecified atom stereocenters. The molecule has 0 aliphatic carbocycles. The average molecular weight is 574 g/mol. The van der Waals surface area contributed by atoms with E-state index in [1.165, 1.54) is 49.0 Å². The topological polar surface area (TPSA) is 39.9 Å². The number of para-hydroxylation sites is 1. The molecule has 1 heterocycles. The zero-order valence-electron chi connectivity index (χ0n) is 24.4. The highest BCUT2D eigenvalue weighted by Gasteiger charge is 2.19. The molecule has 0 fully saturated rings. The van der Waals surface area contributed by atoms with Gasteiger partial charge in [-0.3, -0.25) is 4.90 Å². The normalized spacial score (nSPS) is 11.1. The maximum atomic E-state index is 9.32. The molecule has 0 atom stereocenters. The molecular formula is C42H27N3. The molecule has 8 aromatic rings. The zero-order valence-corrected chi connectivity index (χ0v) is 24.4. The summed E-state index contributed by atoms with van der Waals surface area (Å²) in [5.41, 5.74) is 7.40. The number of fused-ring (bicyclic) bond motifs is 3. The van der Waals surface area contributed by atoms with Crippen LogP contribution < -0.4 is 4.90 Å². The molecule has 0 spiro atoms. The molecule has 0 N–H and O–H groups in total. The van der Waals surface area contributed by atoms with E-state index in [1.54, 1.807) is 6.20 Å². The molecule has 0 saturated heterocycles. The number of nitrogens with zero attached hydrogens (tertiary/aromatic N) is 3. The molecule has 0 aliphatic heterocycles. The summed E-state index contributed by atoms with van der Waals surface area (Å²) in [7, 11) is 0. The molecule has 0 aliphatic rings. The van der Waals surface area contributed by atoms with Crippen LogP contribution in [0.1, 0.15) is 5.56 Å². The van der Waals surface area contributed by atoms with Gasteiger partial charge in [0.05, 0.1) is 5.56 Å². The summed E-state index contributed by atoms with van der Waals surface area (Å²) in [6, 6.07) is 57.6. The predicted molar refractivity (Wildman–Crippen MR) is 187 cm³/mol. The summed E-state index contributed by atoms with van der Waals surface area (Å²) >= 11 is 0. The summed E-state index contributed by atoms with van der Waals surface area (Å²) in [4.78, 5) is 6.74. The van der Waals surface area contributed by atoms with Crippen LogP contribution in [0.3, 0.4) is 0 Å². The fourth-order valence-electron chi connectivity index (χ4n) is 6.53. The third-order valence-electron chi connectivity index (χ3n) is 8.53. The Morgan fingerprint density at radius 2 is 1.02 bits per heavy atom. The first-order chi connectivity index (χ1) is 22.3. The smallest absolute Gasteiger partial charge is 0.137 e. The predicted octanol–water partition coefficient (Wildman–Crippen LogP) is 11.2. The van der Waals surface area contributed by atoms with E-state index in [4.69, 9.17) is 0 Å². The second kappa shape index (κ2) is 11.1. The van der Waals surface area contributed by atoms with Crippen LogP contribution >= 0.6 is 0 Å².